The Balaban J connectivity index is 1.48. The lowest BCUT2D eigenvalue weighted by molar-refractivity contribution is -0.136. The van der Waals surface area contributed by atoms with Crippen LogP contribution in [0, 0.1) is 0 Å². The number of ether oxygens (including phenoxy) is 1. The number of anilines is 1. The van der Waals surface area contributed by atoms with Gasteiger partial charge in [0.05, 0.1) is 16.8 Å². The molecule has 0 heterocycles. The van der Waals surface area contributed by atoms with Crippen LogP contribution in [0.4, 0.5) is 5.69 Å². The van der Waals surface area contributed by atoms with Crippen LogP contribution in [-0.4, -0.2) is 56.8 Å². The van der Waals surface area contributed by atoms with Crippen molar-refractivity contribution in [3.05, 3.63) is 76.8 Å². The number of nitrogens with one attached hydrogen (secondary N) is 1. The summed E-state index contributed by atoms with van der Waals surface area (Å²) < 4.78 is 27.2. The van der Waals surface area contributed by atoms with Gasteiger partial charge in [0.1, 0.15) is 18.1 Å². The molecule has 0 aromatic heterocycles. The van der Waals surface area contributed by atoms with Gasteiger partial charge in [-0.1, -0.05) is 41.9 Å². The zero-order valence-corrected chi connectivity index (χ0v) is 21.7. The van der Waals surface area contributed by atoms with Gasteiger partial charge in [-0.05, 0) is 53.4 Å². The lowest BCUT2D eigenvalue weighted by Crippen LogP contribution is -2.26. The summed E-state index contributed by atoms with van der Waals surface area (Å²) in [7, 11) is 1.36. The Morgan fingerprint density at radius 3 is 2.51 bits per heavy atom. The van der Waals surface area contributed by atoms with Crippen molar-refractivity contribution in [2.45, 2.75) is 18.9 Å². The van der Waals surface area contributed by atoms with Gasteiger partial charge in [0, 0.05) is 32.1 Å². The average Bonchev–Trinajstić information content (AvgIpc) is 2.87. The van der Waals surface area contributed by atoms with Gasteiger partial charge in [-0.2, -0.15) is 0 Å². The zero-order chi connectivity index (χ0) is 26.9. The van der Waals surface area contributed by atoms with Crippen molar-refractivity contribution in [1.29, 1.82) is 0 Å². The van der Waals surface area contributed by atoms with Gasteiger partial charge in [-0.3, -0.25) is 13.7 Å². The molecule has 3 aromatic carbocycles. The van der Waals surface area contributed by atoms with E-state index in [1.165, 1.54) is 19.2 Å². The van der Waals surface area contributed by atoms with Crippen molar-refractivity contribution in [3.8, 4) is 22.6 Å². The van der Waals surface area contributed by atoms with E-state index in [0.717, 1.165) is 21.0 Å². The number of halogens is 1. The topological polar surface area (TPSA) is 140 Å². The van der Waals surface area contributed by atoms with Crippen LogP contribution in [-0.2, 0) is 22.5 Å². The van der Waals surface area contributed by atoms with Gasteiger partial charge in [0.15, 0.2) is 0 Å². The maximum atomic E-state index is 11.3. The van der Waals surface area contributed by atoms with Crippen LogP contribution < -0.4 is 14.4 Å². The quantitative estimate of drug-likeness (QED) is 0.159. The van der Waals surface area contributed by atoms with E-state index in [2.05, 4.69) is 5.32 Å². The van der Waals surface area contributed by atoms with E-state index in [4.69, 9.17) is 21.4 Å². The molecule has 0 fully saturated rings. The minimum atomic E-state index is -2.30. The van der Waals surface area contributed by atoms with E-state index in [0.29, 0.717) is 35.9 Å². The number of carboxylic acids is 1. The third-order valence-electron chi connectivity index (χ3n) is 5.68. The molecule has 3 rings (SSSR count). The predicted octanol–water partition coefficient (Wildman–Crippen LogP) is 4.00. The average molecular weight is 549 g/mol. The van der Waals surface area contributed by atoms with Gasteiger partial charge >= 0.3 is 5.97 Å². The molecule has 0 saturated carbocycles. The second-order valence-corrected chi connectivity index (χ2v) is 9.69. The van der Waals surface area contributed by atoms with Crippen molar-refractivity contribution < 1.29 is 33.6 Å². The number of phenols is 1. The highest BCUT2D eigenvalue weighted by molar-refractivity contribution is 7.80. The van der Waals surface area contributed by atoms with E-state index in [1.54, 1.807) is 12.1 Å². The number of carboxylic acid groups (broad SMARTS) is 1. The van der Waals surface area contributed by atoms with E-state index in [1.807, 2.05) is 36.4 Å². The van der Waals surface area contributed by atoms with Crippen LogP contribution in [0.5, 0.6) is 11.5 Å². The lowest BCUT2D eigenvalue weighted by atomic mass is 10.0. The Hall–Kier alpha value is -3.15. The molecule has 0 aliphatic rings. The number of nitrogens with zero attached hydrogens (tertiary/aromatic N) is 1. The van der Waals surface area contributed by atoms with E-state index in [9.17, 15) is 23.8 Å². The zero-order valence-electron chi connectivity index (χ0n) is 20.1. The second-order valence-electron chi connectivity index (χ2n) is 8.28. The highest BCUT2D eigenvalue weighted by atomic mass is 35.5. The summed E-state index contributed by atoms with van der Waals surface area (Å²) in [6.07, 6.45) is -0.340. The van der Waals surface area contributed by atoms with Crippen LogP contribution in [0.25, 0.3) is 11.1 Å². The first-order valence-electron chi connectivity index (χ1n) is 11.5. The molecule has 3 aromatic rings. The molecule has 0 amide bonds. The maximum absolute atomic E-state index is 11.3. The largest absolute Gasteiger partial charge is 0.506 e. The molecule has 11 heteroatoms. The van der Waals surface area contributed by atoms with Crippen LogP contribution in [0.1, 0.15) is 23.7 Å². The number of phenolic OH excluding ortho intramolecular Hbond substituents is 1. The number of aliphatic hydroxyl groups is 1. The van der Waals surface area contributed by atoms with E-state index < -0.39 is 23.3 Å². The molecule has 2 atom stereocenters. The van der Waals surface area contributed by atoms with Crippen molar-refractivity contribution in [2.24, 2.45) is 0 Å². The van der Waals surface area contributed by atoms with Crippen LogP contribution in [0.2, 0.25) is 5.02 Å². The van der Waals surface area contributed by atoms with E-state index in [-0.39, 0.29) is 24.4 Å². The molecule has 9 nitrogen and oxygen atoms in total. The summed E-state index contributed by atoms with van der Waals surface area (Å²) in [5.41, 5.74) is 3.31. The Morgan fingerprint density at radius 1 is 1.14 bits per heavy atom. The van der Waals surface area contributed by atoms with Gasteiger partial charge < -0.3 is 25.4 Å². The molecule has 0 aliphatic carbocycles. The summed E-state index contributed by atoms with van der Waals surface area (Å²) in [5.74, 6) is -0.399. The van der Waals surface area contributed by atoms with Crippen molar-refractivity contribution in [2.75, 3.05) is 31.0 Å². The summed E-state index contributed by atoms with van der Waals surface area (Å²) in [4.78, 5) is 10.7. The number of hydrogen-bond donors (Lipinski definition) is 5. The second kappa shape index (κ2) is 13.4. The summed E-state index contributed by atoms with van der Waals surface area (Å²) in [6, 6.07) is 17.4. The molecule has 37 heavy (non-hydrogen) atoms. The monoisotopic (exact) mass is 548 g/mol. The fourth-order valence-corrected chi connectivity index (χ4v) is 4.20. The van der Waals surface area contributed by atoms with Crippen molar-refractivity contribution in [3.63, 3.8) is 0 Å². The molecule has 2 unspecified atom stereocenters. The van der Waals surface area contributed by atoms with Crippen molar-refractivity contribution >= 4 is 34.5 Å². The number of hydrogen-bond acceptors (Lipinski definition) is 6. The Labute approximate surface area is 222 Å². The third kappa shape index (κ3) is 8.17. The smallest absolute Gasteiger partial charge is 0.303 e. The first kappa shape index (κ1) is 28.4. The molecular formula is C26H29ClN2O7S. The maximum Gasteiger partial charge on any atom is 0.303 e. The Bertz CT molecular complexity index is 1240. The van der Waals surface area contributed by atoms with Crippen molar-refractivity contribution in [1.82, 2.24) is 5.32 Å². The minimum absolute atomic E-state index is 0.0864. The number of aromatic hydroxyl groups is 1. The number of aliphatic hydroxyl groups excluding tert-OH is 1. The highest BCUT2D eigenvalue weighted by Crippen LogP contribution is 2.32. The molecule has 0 bridgehead atoms. The van der Waals surface area contributed by atoms with E-state index >= 15 is 0 Å². The predicted molar refractivity (Wildman–Crippen MR) is 143 cm³/mol. The molecular weight excluding hydrogens is 520 g/mol. The fourth-order valence-electron chi connectivity index (χ4n) is 3.60. The Kier molecular flexibility index (Phi) is 10.3. The summed E-state index contributed by atoms with van der Waals surface area (Å²) >= 11 is 4.15. The number of rotatable bonds is 13. The number of benzene rings is 3. The molecule has 0 radical (unpaired) electrons. The van der Waals surface area contributed by atoms with Gasteiger partial charge in [-0.15, -0.1) is 0 Å². The summed E-state index contributed by atoms with van der Waals surface area (Å²) in [5, 5.41) is 32.8. The first-order valence-corrected chi connectivity index (χ1v) is 12.9. The number of aryl methyl sites for hydroxylation is 1. The Morgan fingerprint density at radius 2 is 1.86 bits per heavy atom. The standard InChI is InChI=1S/C26H29ClN2O7S/c1-29(37(34)35)23-14-19(7-10-24(23)30)25(31)16-28-12-13-36-20-8-9-21(22(27)15-20)18-5-2-17(3-6-18)4-11-26(32)33/h2-3,5-10,14-15,25,28,30-31H,4,11-13,16H2,1H3,(H,32,33)(H,34,35). The van der Waals surface area contributed by atoms with Gasteiger partial charge in [0.25, 0.3) is 11.3 Å². The molecule has 5 N–H and O–H groups in total. The molecule has 0 aliphatic heterocycles. The van der Waals surface area contributed by atoms with Gasteiger partial charge in [0.2, 0.25) is 0 Å². The fraction of sp³-hybridized carbons (Fsp3) is 0.269. The first-order chi connectivity index (χ1) is 17.7. The highest BCUT2D eigenvalue weighted by Gasteiger charge is 2.15. The SMILES string of the molecule is CN(c1cc(C(O)CNCCOc2ccc(-c3ccc(CCC(=O)O)cc3)c(Cl)c2)ccc1O)S(=O)O. The third-order valence-corrected chi connectivity index (χ3v) is 6.65. The van der Waals surface area contributed by atoms with Crippen LogP contribution >= 0.6 is 11.6 Å². The number of carbonyl (C=O) groups is 1. The molecule has 198 valence electrons. The van der Waals surface area contributed by atoms with Gasteiger partial charge in [-0.25, -0.2) is 4.21 Å². The lowest BCUT2D eigenvalue weighted by Gasteiger charge is -2.18. The normalized spacial score (nSPS) is 12.6. The number of aliphatic carboxylic acids is 1. The molecule has 0 saturated heterocycles. The van der Waals surface area contributed by atoms with Crippen LogP contribution in [0.3, 0.4) is 0 Å². The minimum Gasteiger partial charge on any atom is -0.506 e. The summed E-state index contributed by atoms with van der Waals surface area (Å²) in [6.45, 7) is 0.981. The van der Waals surface area contributed by atoms with Crippen LogP contribution in [0.15, 0.2) is 60.7 Å². The molecule has 0 spiro atoms.